The standard InChI is InChI=1S/C10H10IN3/c11-9-3-1-2-4-10(9)13-6-8-5-12-7-14-8/h1-5,7,13H,6H2,(H,12,14). The Labute approximate surface area is 96.1 Å². The number of imidazole rings is 1. The molecule has 72 valence electrons. The monoisotopic (exact) mass is 299 g/mol. The smallest absolute Gasteiger partial charge is 0.0922 e. The van der Waals surface area contributed by atoms with E-state index in [4.69, 9.17) is 0 Å². The molecule has 1 heterocycles. The molecule has 0 bridgehead atoms. The highest BCUT2D eigenvalue weighted by atomic mass is 127. The minimum absolute atomic E-state index is 0.778. The van der Waals surface area contributed by atoms with Crippen molar-refractivity contribution in [3.8, 4) is 0 Å². The van der Waals surface area contributed by atoms with Crippen molar-refractivity contribution in [2.45, 2.75) is 6.54 Å². The number of hydrogen-bond acceptors (Lipinski definition) is 2. The summed E-state index contributed by atoms with van der Waals surface area (Å²) < 4.78 is 1.23. The van der Waals surface area contributed by atoms with Crippen LogP contribution in [0.25, 0.3) is 0 Å². The van der Waals surface area contributed by atoms with E-state index in [0.29, 0.717) is 0 Å². The van der Waals surface area contributed by atoms with Crippen LogP contribution in [-0.4, -0.2) is 9.97 Å². The third kappa shape index (κ3) is 2.25. The van der Waals surface area contributed by atoms with E-state index >= 15 is 0 Å². The first-order valence-corrected chi connectivity index (χ1v) is 5.40. The van der Waals surface area contributed by atoms with Gasteiger partial charge in [-0.2, -0.15) is 0 Å². The molecule has 0 aliphatic carbocycles. The minimum Gasteiger partial charge on any atom is -0.379 e. The topological polar surface area (TPSA) is 40.7 Å². The Balaban J connectivity index is 2.02. The van der Waals surface area contributed by atoms with Crippen molar-refractivity contribution in [3.05, 3.63) is 46.1 Å². The van der Waals surface area contributed by atoms with Crippen molar-refractivity contribution in [2.24, 2.45) is 0 Å². The second-order valence-electron chi connectivity index (χ2n) is 2.91. The summed E-state index contributed by atoms with van der Waals surface area (Å²) in [6.07, 6.45) is 3.51. The number of nitrogens with zero attached hydrogens (tertiary/aromatic N) is 1. The number of rotatable bonds is 3. The number of aromatic amines is 1. The molecular formula is C10H10IN3. The van der Waals surface area contributed by atoms with Gasteiger partial charge in [-0.1, -0.05) is 12.1 Å². The van der Waals surface area contributed by atoms with Gasteiger partial charge in [-0.3, -0.25) is 0 Å². The molecule has 2 aromatic rings. The van der Waals surface area contributed by atoms with Gasteiger partial charge in [0.25, 0.3) is 0 Å². The SMILES string of the molecule is Ic1ccccc1NCc1cnc[nH]1. The summed E-state index contributed by atoms with van der Waals surface area (Å²) in [6, 6.07) is 8.20. The Kier molecular flexibility index (Phi) is 3.03. The molecule has 0 radical (unpaired) electrons. The van der Waals surface area contributed by atoms with Crippen LogP contribution in [0, 0.1) is 3.57 Å². The number of H-pyrrole nitrogens is 1. The number of halogens is 1. The van der Waals surface area contributed by atoms with Crippen LogP contribution in [0.1, 0.15) is 5.69 Å². The summed E-state index contributed by atoms with van der Waals surface area (Å²) in [6.45, 7) is 0.778. The van der Waals surface area contributed by atoms with E-state index in [-0.39, 0.29) is 0 Å². The first kappa shape index (κ1) is 9.51. The largest absolute Gasteiger partial charge is 0.379 e. The van der Waals surface area contributed by atoms with E-state index in [2.05, 4.69) is 50.0 Å². The first-order chi connectivity index (χ1) is 6.86. The van der Waals surface area contributed by atoms with Crippen LogP contribution in [-0.2, 0) is 6.54 Å². The van der Waals surface area contributed by atoms with E-state index in [9.17, 15) is 0 Å². The number of hydrogen-bond donors (Lipinski definition) is 2. The summed E-state index contributed by atoms with van der Waals surface area (Å²) in [5, 5.41) is 3.34. The van der Waals surface area contributed by atoms with Crippen LogP contribution in [0.2, 0.25) is 0 Å². The van der Waals surface area contributed by atoms with Crippen molar-refractivity contribution in [1.82, 2.24) is 9.97 Å². The second-order valence-corrected chi connectivity index (χ2v) is 4.07. The van der Waals surface area contributed by atoms with Gasteiger partial charge in [0.15, 0.2) is 0 Å². The van der Waals surface area contributed by atoms with Gasteiger partial charge in [0, 0.05) is 15.5 Å². The van der Waals surface area contributed by atoms with Gasteiger partial charge < -0.3 is 10.3 Å². The molecule has 0 fully saturated rings. The molecule has 1 aromatic heterocycles. The maximum atomic E-state index is 3.96. The molecule has 14 heavy (non-hydrogen) atoms. The van der Waals surface area contributed by atoms with Gasteiger partial charge in [-0.05, 0) is 34.7 Å². The maximum absolute atomic E-state index is 3.96. The molecule has 3 nitrogen and oxygen atoms in total. The van der Waals surface area contributed by atoms with Crippen molar-refractivity contribution < 1.29 is 0 Å². The summed E-state index contributed by atoms with van der Waals surface area (Å²) in [5.74, 6) is 0. The van der Waals surface area contributed by atoms with E-state index in [1.807, 2.05) is 18.3 Å². The van der Waals surface area contributed by atoms with Gasteiger partial charge in [-0.15, -0.1) is 0 Å². The van der Waals surface area contributed by atoms with Crippen molar-refractivity contribution in [2.75, 3.05) is 5.32 Å². The molecule has 2 rings (SSSR count). The fraction of sp³-hybridized carbons (Fsp3) is 0.100. The molecule has 0 aliphatic rings. The van der Waals surface area contributed by atoms with Gasteiger partial charge in [0.2, 0.25) is 0 Å². The molecule has 0 spiro atoms. The molecule has 0 unspecified atom stereocenters. The zero-order valence-electron chi connectivity index (χ0n) is 7.50. The number of benzene rings is 1. The van der Waals surface area contributed by atoms with Gasteiger partial charge in [0.05, 0.1) is 18.6 Å². The Bertz CT molecular complexity index is 398. The zero-order chi connectivity index (χ0) is 9.80. The van der Waals surface area contributed by atoms with Crippen LogP contribution in [0.3, 0.4) is 0 Å². The molecule has 4 heteroatoms. The van der Waals surface area contributed by atoms with E-state index in [0.717, 1.165) is 17.9 Å². The molecule has 2 N–H and O–H groups in total. The third-order valence-electron chi connectivity index (χ3n) is 1.90. The Morgan fingerprint density at radius 1 is 1.36 bits per heavy atom. The summed E-state index contributed by atoms with van der Waals surface area (Å²) in [4.78, 5) is 7.01. The summed E-state index contributed by atoms with van der Waals surface area (Å²) in [7, 11) is 0. The van der Waals surface area contributed by atoms with Gasteiger partial charge >= 0.3 is 0 Å². The normalized spacial score (nSPS) is 10.1. The maximum Gasteiger partial charge on any atom is 0.0922 e. The zero-order valence-corrected chi connectivity index (χ0v) is 9.65. The van der Waals surface area contributed by atoms with Crippen LogP contribution in [0.5, 0.6) is 0 Å². The average molecular weight is 299 g/mol. The quantitative estimate of drug-likeness (QED) is 0.855. The Morgan fingerprint density at radius 2 is 2.21 bits per heavy atom. The van der Waals surface area contributed by atoms with Gasteiger partial charge in [0.1, 0.15) is 0 Å². The van der Waals surface area contributed by atoms with Crippen molar-refractivity contribution in [1.29, 1.82) is 0 Å². The first-order valence-electron chi connectivity index (χ1n) is 4.32. The highest BCUT2D eigenvalue weighted by molar-refractivity contribution is 14.1. The molecule has 0 amide bonds. The highest BCUT2D eigenvalue weighted by Gasteiger charge is 1.97. The lowest BCUT2D eigenvalue weighted by Gasteiger charge is -2.06. The molecule has 0 aliphatic heterocycles. The lowest BCUT2D eigenvalue weighted by molar-refractivity contribution is 1.07. The summed E-state index contributed by atoms with van der Waals surface area (Å²) >= 11 is 2.31. The number of anilines is 1. The fourth-order valence-corrected chi connectivity index (χ4v) is 1.75. The van der Waals surface area contributed by atoms with Crippen LogP contribution >= 0.6 is 22.6 Å². The van der Waals surface area contributed by atoms with Gasteiger partial charge in [-0.25, -0.2) is 4.98 Å². The van der Waals surface area contributed by atoms with E-state index in [1.54, 1.807) is 6.33 Å². The van der Waals surface area contributed by atoms with Crippen LogP contribution < -0.4 is 5.32 Å². The van der Waals surface area contributed by atoms with Crippen molar-refractivity contribution >= 4 is 28.3 Å². The van der Waals surface area contributed by atoms with Crippen LogP contribution in [0.4, 0.5) is 5.69 Å². The average Bonchev–Trinajstić information content (AvgIpc) is 2.69. The fourth-order valence-electron chi connectivity index (χ4n) is 1.18. The summed E-state index contributed by atoms with van der Waals surface area (Å²) in [5.41, 5.74) is 2.24. The highest BCUT2D eigenvalue weighted by Crippen LogP contribution is 2.17. The predicted octanol–water partition coefficient (Wildman–Crippen LogP) is 2.63. The number of aromatic nitrogens is 2. The molecular weight excluding hydrogens is 289 g/mol. The lowest BCUT2D eigenvalue weighted by Crippen LogP contribution is -2.00. The molecule has 0 atom stereocenters. The van der Waals surface area contributed by atoms with Crippen LogP contribution in [0.15, 0.2) is 36.8 Å². The Morgan fingerprint density at radius 3 is 2.93 bits per heavy atom. The van der Waals surface area contributed by atoms with E-state index < -0.39 is 0 Å². The Hall–Kier alpha value is -1.04. The van der Waals surface area contributed by atoms with Crippen molar-refractivity contribution in [3.63, 3.8) is 0 Å². The molecule has 0 saturated carbocycles. The minimum atomic E-state index is 0.778. The number of nitrogens with one attached hydrogen (secondary N) is 2. The lowest BCUT2D eigenvalue weighted by atomic mass is 10.3. The van der Waals surface area contributed by atoms with E-state index in [1.165, 1.54) is 3.57 Å². The third-order valence-corrected chi connectivity index (χ3v) is 2.84. The molecule has 1 aromatic carbocycles. The predicted molar refractivity (Wildman–Crippen MR) is 65.1 cm³/mol. The number of para-hydroxylation sites is 1. The second kappa shape index (κ2) is 4.45. The molecule has 0 saturated heterocycles.